The Bertz CT molecular complexity index is 765. The number of rotatable bonds is 3. The first kappa shape index (κ1) is 14.2. The third-order valence-corrected chi connectivity index (χ3v) is 3.33. The van der Waals surface area contributed by atoms with Crippen molar-refractivity contribution in [3.63, 3.8) is 0 Å². The van der Waals surface area contributed by atoms with Crippen LogP contribution in [0.25, 0.3) is 10.9 Å². The van der Waals surface area contributed by atoms with Gasteiger partial charge in [-0.05, 0) is 26.0 Å². The molecule has 0 saturated heterocycles. The third kappa shape index (κ3) is 2.07. The summed E-state index contributed by atoms with van der Waals surface area (Å²) in [5.41, 5.74) is -0.556. The highest BCUT2D eigenvalue weighted by Gasteiger charge is 2.20. The fourth-order valence-corrected chi connectivity index (χ4v) is 2.42. The number of carbonyl (C=O) groups is 1. The number of hydrogen-bond acceptors (Lipinski definition) is 2. The van der Waals surface area contributed by atoms with Crippen molar-refractivity contribution < 1.29 is 18.7 Å². The zero-order valence-corrected chi connectivity index (χ0v) is 11.0. The van der Waals surface area contributed by atoms with Crippen molar-refractivity contribution in [2.75, 3.05) is 0 Å². The van der Waals surface area contributed by atoms with Crippen molar-refractivity contribution in [3.05, 3.63) is 45.2 Å². The van der Waals surface area contributed by atoms with Crippen LogP contribution in [0.1, 0.15) is 18.2 Å². The first-order valence-corrected chi connectivity index (χ1v) is 6.10. The molecule has 6 heteroatoms. The number of carboxylic acid groups (broad SMARTS) is 1. The van der Waals surface area contributed by atoms with Gasteiger partial charge in [0, 0.05) is 17.8 Å². The molecule has 106 valence electrons. The minimum Gasteiger partial charge on any atom is -0.481 e. The van der Waals surface area contributed by atoms with Crippen LogP contribution in [0, 0.1) is 18.6 Å². The minimum atomic E-state index is -1.19. The van der Waals surface area contributed by atoms with Crippen LogP contribution in [-0.2, 0) is 17.8 Å². The van der Waals surface area contributed by atoms with Crippen molar-refractivity contribution in [3.8, 4) is 0 Å². The smallest absolute Gasteiger partial charge is 0.308 e. The molecule has 1 aromatic carbocycles. The number of nitrogens with zero attached hydrogens (tertiary/aromatic N) is 1. The zero-order chi connectivity index (χ0) is 15.0. The van der Waals surface area contributed by atoms with Gasteiger partial charge in [-0.3, -0.25) is 9.59 Å². The average molecular weight is 281 g/mol. The zero-order valence-electron chi connectivity index (χ0n) is 11.0. The van der Waals surface area contributed by atoms with Gasteiger partial charge in [0.05, 0.1) is 17.3 Å². The summed E-state index contributed by atoms with van der Waals surface area (Å²) in [5, 5.41) is 8.46. The van der Waals surface area contributed by atoms with Crippen LogP contribution in [-0.4, -0.2) is 15.6 Å². The van der Waals surface area contributed by atoms with E-state index in [4.69, 9.17) is 5.11 Å². The molecule has 1 heterocycles. The number of carboxylic acids is 1. The lowest BCUT2D eigenvalue weighted by molar-refractivity contribution is -0.136. The van der Waals surface area contributed by atoms with E-state index in [2.05, 4.69) is 0 Å². The highest BCUT2D eigenvalue weighted by Crippen LogP contribution is 2.22. The monoisotopic (exact) mass is 281 g/mol. The first-order valence-electron chi connectivity index (χ1n) is 6.10. The molecule has 0 fully saturated rings. The molecule has 0 amide bonds. The van der Waals surface area contributed by atoms with Crippen LogP contribution in [0.2, 0.25) is 0 Å². The number of aryl methyl sites for hydroxylation is 1. The Hall–Kier alpha value is -2.24. The van der Waals surface area contributed by atoms with E-state index in [9.17, 15) is 18.4 Å². The van der Waals surface area contributed by atoms with E-state index in [1.807, 2.05) is 0 Å². The molecule has 0 atom stereocenters. The number of aromatic nitrogens is 1. The molecule has 0 saturated carbocycles. The molecule has 2 rings (SSSR count). The number of hydrogen-bond donors (Lipinski definition) is 1. The van der Waals surface area contributed by atoms with Gasteiger partial charge in [0.2, 0.25) is 0 Å². The summed E-state index contributed by atoms with van der Waals surface area (Å²) in [6, 6.07) is 1.83. The Balaban J connectivity index is 3.03. The quantitative estimate of drug-likeness (QED) is 0.938. The van der Waals surface area contributed by atoms with Crippen molar-refractivity contribution in [1.82, 2.24) is 4.57 Å². The number of fused-ring (bicyclic) bond motifs is 1. The molecule has 0 aliphatic carbocycles. The van der Waals surface area contributed by atoms with Gasteiger partial charge in [-0.1, -0.05) is 0 Å². The van der Waals surface area contributed by atoms with Crippen LogP contribution < -0.4 is 5.43 Å². The van der Waals surface area contributed by atoms with Gasteiger partial charge in [0.1, 0.15) is 11.6 Å². The Morgan fingerprint density at radius 1 is 1.30 bits per heavy atom. The molecule has 0 aliphatic heterocycles. The van der Waals surface area contributed by atoms with Crippen molar-refractivity contribution in [2.24, 2.45) is 0 Å². The molecule has 1 aromatic heterocycles. The molecular weight excluding hydrogens is 268 g/mol. The molecule has 2 aromatic rings. The van der Waals surface area contributed by atoms with Gasteiger partial charge in [-0.15, -0.1) is 0 Å². The third-order valence-electron chi connectivity index (χ3n) is 3.33. The minimum absolute atomic E-state index is 0.0173. The van der Waals surface area contributed by atoms with E-state index in [0.29, 0.717) is 12.2 Å². The maximum Gasteiger partial charge on any atom is 0.308 e. The molecule has 0 bridgehead atoms. The van der Waals surface area contributed by atoms with E-state index in [1.54, 1.807) is 6.92 Å². The fraction of sp³-hybridized carbons (Fsp3) is 0.286. The standard InChI is InChI=1S/C14H13F2NO3/c1-3-17-7(2)8(6-11(18)19)14(20)12-9(15)4-5-10(16)13(12)17/h4-5H,3,6H2,1-2H3,(H,18,19). The first-order chi connectivity index (χ1) is 9.38. The molecule has 0 unspecified atom stereocenters. The molecule has 4 nitrogen and oxygen atoms in total. The maximum atomic E-state index is 13.9. The SMILES string of the molecule is CCn1c(C)c(CC(=O)O)c(=O)c2c(F)ccc(F)c21. The summed E-state index contributed by atoms with van der Waals surface area (Å²) < 4.78 is 29.2. The van der Waals surface area contributed by atoms with E-state index in [-0.39, 0.29) is 11.1 Å². The summed E-state index contributed by atoms with van der Waals surface area (Å²) in [6.45, 7) is 3.55. The summed E-state index contributed by atoms with van der Waals surface area (Å²) in [4.78, 5) is 23.1. The Morgan fingerprint density at radius 3 is 2.45 bits per heavy atom. The molecule has 0 radical (unpaired) electrons. The van der Waals surface area contributed by atoms with E-state index >= 15 is 0 Å². The highest BCUT2D eigenvalue weighted by molar-refractivity contribution is 5.83. The van der Waals surface area contributed by atoms with E-state index in [0.717, 1.165) is 12.1 Å². The number of aliphatic carboxylic acids is 1. The largest absolute Gasteiger partial charge is 0.481 e. The summed E-state index contributed by atoms with van der Waals surface area (Å²) in [5.74, 6) is -2.74. The molecule has 1 N–H and O–H groups in total. The van der Waals surface area contributed by atoms with Crippen molar-refractivity contribution in [1.29, 1.82) is 0 Å². The normalized spacial score (nSPS) is 11.0. The van der Waals surface area contributed by atoms with Crippen LogP contribution in [0.3, 0.4) is 0 Å². The lowest BCUT2D eigenvalue weighted by Gasteiger charge is -2.16. The predicted molar refractivity (Wildman–Crippen MR) is 69.9 cm³/mol. The van der Waals surface area contributed by atoms with Gasteiger partial charge in [0.15, 0.2) is 5.43 Å². The van der Waals surface area contributed by atoms with Crippen LogP contribution in [0.15, 0.2) is 16.9 Å². The molecule has 20 heavy (non-hydrogen) atoms. The molecule has 0 aliphatic rings. The Labute approximate surface area is 113 Å². The summed E-state index contributed by atoms with van der Waals surface area (Å²) >= 11 is 0. The van der Waals surface area contributed by atoms with Crippen LogP contribution >= 0.6 is 0 Å². The average Bonchev–Trinajstić information content (AvgIpc) is 2.38. The lowest BCUT2D eigenvalue weighted by Crippen LogP contribution is -2.22. The summed E-state index contributed by atoms with van der Waals surface area (Å²) in [6.07, 6.45) is -0.517. The van der Waals surface area contributed by atoms with Gasteiger partial charge >= 0.3 is 5.97 Å². The second-order valence-corrected chi connectivity index (χ2v) is 4.46. The Kier molecular flexibility index (Phi) is 3.57. The van der Waals surface area contributed by atoms with Crippen LogP contribution in [0.5, 0.6) is 0 Å². The summed E-state index contributed by atoms with van der Waals surface area (Å²) in [7, 11) is 0. The highest BCUT2D eigenvalue weighted by atomic mass is 19.1. The van der Waals surface area contributed by atoms with Crippen molar-refractivity contribution >= 4 is 16.9 Å². The Morgan fingerprint density at radius 2 is 1.90 bits per heavy atom. The maximum absolute atomic E-state index is 13.9. The van der Waals surface area contributed by atoms with Gasteiger partial charge in [-0.25, -0.2) is 8.78 Å². The van der Waals surface area contributed by atoms with Crippen molar-refractivity contribution in [2.45, 2.75) is 26.8 Å². The van der Waals surface area contributed by atoms with E-state index < -0.39 is 34.8 Å². The molecular formula is C14H13F2NO3. The van der Waals surface area contributed by atoms with E-state index in [1.165, 1.54) is 11.5 Å². The second-order valence-electron chi connectivity index (χ2n) is 4.46. The number of benzene rings is 1. The fourth-order valence-electron chi connectivity index (χ4n) is 2.42. The van der Waals surface area contributed by atoms with Gasteiger partial charge < -0.3 is 9.67 Å². The second kappa shape index (κ2) is 5.03. The van der Waals surface area contributed by atoms with Gasteiger partial charge in [-0.2, -0.15) is 0 Å². The predicted octanol–water partition coefficient (Wildman–Crippen LogP) is 2.24. The number of halogens is 2. The van der Waals surface area contributed by atoms with Crippen LogP contribution in [0.4, 0.5) is 8.78 Å². The lowest BCUT2D eigenvalue weighted by atomic mass is 10.0. The van der Waals surface area contributed by atoms with Gasteiger partial charge in [0.25, 0.3) is 0 Å². The topological polar surface area (TPSA) is 59.3 Å². The number of pyridine rings is 1. The molecule has 0 spiro atoms.